The lowest BCUT2D eigenvalue weighted by atomic mass is 9.96. The van der Waals surface area contributed by atoms with Crippen LogP contribution in [0.15, 0.2) is 42.5 Å². The molecule has 148 valence electrons. The molecule has 0 radical (unpaired) electrons. The summed E-state index contributed by atoms with van der Waals surface area (Å²) >= 11 is 12.4. The molecule has 0 aromatic heterocycles. The summed E-state index contributed by atoms with van der Waals surface area (Å²) in [6, 6.07) is 12.4. The number of carbonyl (C=O) groups is 2. The largest absolute Gasteiger partial charge is 0.465 e. The highest BCUT2D eigenvalue weighted by molar-refractivity contribution is 6.34. The highest BCUT2D eigenvalue weighted by Crippen LogP contribution is 2.27. The molecule has 1 fully saturated rings. The maximum atomic E-state index is 12.8. The first kappa shape index (κ1) is 20.6. The van der Waals surface area contributed by atoms with E-state index in [0.29, 0.717) is 29.4 Å². The molecule has 28 heavy (non-hydrogen) atoms. The normalized spacial score (nSPS) is 17.2. The van der Waals surface area contributed by atoms with Crippen LogP contribution in [-0.2, 0) is 16.1 Å². The number of piperidine rings is 1. The number of methoxy groups -OCH3 is 1. The summed E-state index contributed by atoms with van der Waals surface area (Å²) in [5, 5.41) is 3.98. The molecule has 1 saturated heterocycles. The Bertz CT molecular complexity index is 872. The fourth-order valence-corrected chi connectivity index (χ4v) is 3.74. The zero-order valence-corrected chi connectivity index (χ0v) is 17.1. The molecule has 5 nitrogen and oxygen atoms in total. The first-order valence-electron chi connectivity index (χ1n) is 9.12. The van der Waals surface area contributed by atoms with Crippen molar-refractivity contribution in [3.63, 3.8) is 0 Å². The topological polar surface area (TPSA) is 58.6 Å². The minimum Gasteiger partial charge on any atom is -0.465 e. The molecular formula is C21H22Cl2N2O3. The summed E-state index contributed by atoms with van der Waals surface area (Å²) in [5.41, 5.74) is 1.81. The Morgan fingerprint density at radius 3 is 2.71 bits per heavy atom. The monoisotopic (exact) mass is 420 g/mol. The average Bonchev–Trinajstić information content (AvgIpc) is 2.71. The lowest BCUT2D eigenvalue weighted by molar-refractivity contribution is -0.121. The molecule has 0 bridgehead atoms. The van der Waals surface area contributed by atoms with Crippen LogP contribution in [0.2, 0.25) is 10.0 Å². The highest BCUT2D eigenvalue weighted by atomic mass is 35.5. The zero-order valence-electron chi connectivity index (χ0n) is 15.6. The van der Waals surface area contributed by atoms with Gasteiger partial charge in [0.25, 0.3) is 0 Å². The van der Waals surface area contributed by atoms with Gasteiger partial charge in [-0.2, -0.15) is 0 Å². The first-order valence-corrected chi connectivity index (χ1v) is 9.88. The van der Waals surface area contributed by atoms with E-state index in [1.165, 1.54) is 13.2 Å². The van der Waals surface area contributed by atoms with Crippen LogP contribution in [0.5, 0.6) is 0 Å². The second-order valence-electron chi connectivity index (χ2n) is 6.84. The number of halogens is 2. The first-order chi connectivity index (χ1) is 13.5. The zero-order chi connectivity index (χ0) is 20.1. The van der Waals surface area contributed by atoms with Gasteiger partial charge in [-0.15, -0.1) is 0 Å². The Morgan fingerprint density at radius 2 is 1.96 bits per heavy atom. The number of anilines is 1. The Morgan fingerprint density at radius 1 is 1.18 bits per heavy atom. The maximum Gasteiger partial charge on any atom is 0.337 e. The van der Waals surface area contributed by atoms with Crippen molar-refractivity contribution in [3.05, 3.63) is 63.6 Å². The van der Waals surface area contributed by atoms with Crippen molar-refractivity contribution in [1.29, 1.82) is 0 Å². The van der Waals surface area contributed by atoms with Crippen molar-refractivity contribution >= 4 is 40.8 Å². The summed E-state index contributed by atoms with van der Waals surface area (Å²) in [4.78, 5) is 26.7. The Kier molecular flexibility index (Phi) is 6.94. The SMILES string of the molecule is COC(=O)c1ccc(Cl)c(NC(=O)[C@H]2CCCN(Cc3ccccc3Cl)C2)c1. The Balaban J connectivity index is 1.66. The van der Waals surface area contributed by atoms with Gasteiger partial charge in [0.1, 0.15) is 0 Å². The number of amides is 1. The van der Waals surface area contributed by atoms with Gasteiger partial charge in [0.2, 0.25) is 5.91 Å². The van der Waals surface area contributed by atoms with E-state index < -0.39 is 5.97 Å². The van der Waals surface area contributed by atoms with Gasteiger partial charge in [-0.3, -0.25) is 9.69 Å². The van der Waals surface area contributed by atoms with E-state index in [-0.39, 0.29) is 11.8 Å². The van der Waals surface area contributed by atoms with Crippen molar-refractivity contribution < 1.29 is 14.3 Å². The molecule has 0 aliphatic carbocycles. The molecular weight excluding hydrogens is 399 g/mol. The molecule has 7 heteroatoms. The van der Waals surface area contributed by atoms with Crippen LogP contribution >= 0.6 is 23.2 Å². The Hall–Kier alpha value is -2.08. The van der Waals surface area contributed by atoms with Crippen LogP contribution in [0.1, 0.15) is 28.8 Å². The number of hydrogen-bond acceptors (Lipinski definition) is 4. The number of benzene rings is 2. The van der Waals surface area contributed by atoms with Crippen LogP contribution in [0, 0.1) is 5.92 Å². The number of esters is 1. The molecule has 0 saturated carbocycles. The lowest BCUT2D eigenvalue weighted by Crippen LogP contribution is -2.40. The number of hydrogen-bond donors (Lipinski definition) is 1. The summed E-state index contributed by atoms with van der Waals surface area (Å²) in [7, 11) is 1.31. The summed E-state index contributed by atoms with van der Waals surface area (Å²) in [6.07, 6.45) is 1.73. The van der Waals surface area contributed by atoms with Crippen molar-refractivity contribution in [2.75, 3.05) is 25.5 Å². The molecule has 1 aliphatic heterocycles. The number of nitrogens with one attached hydrogen (secondary N) is 1. The van der Waals surface area contributed by atoms with Gasteiger partial charge >= 0.3 is 5.97 Å². The standard InChI is InChI=1S/C21H22Cl2N2O3/c1-28-21(27)14-8-9-18(23)19(11-14)24-20(26)16-6-4-10-25(13-16)12-15-5-2-3-7-17(15)22/h2-3,5,7-9,11,16H,4,6,10,12-13H2,1H3,(H,24,26)/t16-/m0/s1. The van der Waals surface area contributed by atoms with Crippen LogP contribution in [-0.4, -0.2) is 37.0 Å². The van der Waals surface area contributed by atoms with Gasteiger partial charge in [-0.25, -0.2) is 4.79 Å². The fourth-order valence-electron chi connectivity index (χ4n) is 3.38. The number of carbonyl (C=O) groups excluding carboxylic acids is 2. The molecule has 0 spiro atoms. The van der Waals surface area contributed by atoms with E-state index in [4.69, 9.17) is 27.9 Å². The second-order valence-corrected chi connectivity index (χ2v) is 7.66. The molecule has 0 unspecified atom stereocenters. The molecule has 1 aliphatic rings. The quantitative estimate of drug-likeness (QED) is 0.716. The predicted octanol–water partition coefficient (Wildman–Crippen LogP) is 4.63. The van der Waals surface area contributed by atoms with Crippen molar-refractivity contribution in [2.24, 2.45) is 5.92 Å². The van der Waals surface area contributed by atoms with Crippen molar-refractivity contribution in [2.45, 2.75) is 19.4 Å². The van der Waals surface area contributed by atoms with Crippen LogP contribution < -0.4 is 5.32 Å². The highest BCUT2D eigenvalue weighted by Gasteiger charge is 2.26. The lowest BCUT2D eigenvalue weighted by Gasteiger charge is -2.32. The maximum absolute atomic E-state index is 12.8. The fraction of sp³-hybridized carbons (Fsp3) is 0.333. The molecule has 1 N–H and O–H groups in total. The predicted molar refractivity (Wildman–Crippen MR) is 111 cm³/mol. The van der Waals surface area contributed by atoms with Gasteiger partial charge in [0.05, 0.1) is 29.3 Å². The van der Waals surface area contributed by atoms with E-state index in [2.05, 4.69) is 10.2 Å². The van der Waals surface area contributed by atoms with E-state index in [1.54, 1.807) is 12.1 Å². The van der Waals surface area contributed by atoms with Crippen LogP contribution in [0.3, 0.4) is 0 Å². The second kappa shape index (κ2) is 9.41. The van der Waals surface area contributed by atoms with Crippen LogP contribution in [0.4, 0.5) is 5.69 Å². The minimum atomic E-state index is -0.476. The number of ether oxygens (including phenoxy) is 1. The van der Waals surface area contributed by atoms with Gasteiger partial charge < -0.3 is 10.1 Å². The molecule has 1 heterocycles. The van der Waals surface area contributed by atoms with Crippen molar-refractivity contribution in [3.8, 4) is 0 Å². The third-order valence-corrected chi connectivity index (χ3v) is 5.57. The van der Waals surface area contributed by atoms with Crippen LogP contribution in [0.25, 0.3) is 0 Å². The Labute approximate surface area is 174 Å². The van der Waals surface area contributed by atoms with Gasteiger partial charge in [0.15, 0.2) is 0 Å². The summed E-state index contributed by atoms with van der Waals surface area (Å²) in [6.45, 7) is 2.28. The number of rotatable bonds is 5. The summed E-state index contributed by atoms with van der Waals surface area (Å²) < 4.78 is 4.72. The summed E-state index contributed by atoms with van der Waals surface area (Å²) in [5.74, 6) is -0.738. The van der Waals surface area contributed by atoms with E-state index >= 15 is 0 Å². The molecule has 1 amide bonds. The minimum absolute atomic E-state index is 0.104. The van der Waals surface area contributed by atoms with E-state index in [9.17, 15) is 9.59 Å². The van der Waals surface area contributed by atoms with Gasteiger partial charge in [-0.05, 0) is 49.2 Å². The smallest absolute Gasteiger partial charge is 0.337 e. The average molecular weight is 421 g/mol. The molecule has 1 atom stereocenters. The third-order valence-electron chi connectivity index (χ3n) is 4.87. The van der Waals surface area contributed by atoms with Gasteiger partial charge in [-0.1, -0.05) is 41.4 Å². The number of likely N-dealkylation sites (tertiary alicyclic amines) is 1. The van der Waals surface area contributed by atoms with E-state index in [0.717, 1.165) is 30.0 Å². The molecule has 2 aromatic carbocycles. The third kappa shape index (κ3) is 5.04. The number of nitrogens with zero attached hydrogens (tertiary/aromatic N) is 1. The molecule has 2 aromatic rings. The molecule has 3 rings (SSSR count). The van der Waals surface area contributed by atoms with Crippen molar-refractivity contribution in [1.82, 2.24) is 4.90 Å². The van der Waals surface area contributed by atoms with E-state index in [1.807, 2.05) is 24.3 Å². The van der Waals surface area contributed by atoms with Gasteiger partial charge in [0, 0.05) is 18.1 Å².